The summed E-state index contributed by atoms with van der Waals surface area (Å²) >= 11 is 0. The van der Waals surface area contributed by atoms with E-state index in [0.717, 1.165) is 18.3 Å². The van der Waals surface area contributed by atoms with E-state index in [0.29, 0.717) is 5.69 Å². The molecule has 112 valence electrons. The van der Waals surface area contributed by atoms with Crippen molar-refractivity contribution in [3.8, 4) is 11.1 Å². The van der Waals surface area contributed by atoms with Crippen LogP contribution in [0.1, 0.15) is 32.0 Å². The fourth-order valence-corrected chi connectivity index (χ4v) is 1.99. The Hall–Kier alpha value is -1.91. The standard InChI is InChI=1S/C16H15F4N/c1-15(2,3)14-8-13(16(18,19)20)12(9-21-14)10-5-4-6-11(17)7-10/h4-9H,1-3H3. The van der Waals surface area contributed by atoms with E-state index in [1.807, 2.05) is 0 Å². The maximum Gasteiger partial charge on any atom is 0.417 e. The van der Waals surface area contributed by atoms with Crippen molar-refractivity contribution in [2.45, 2.75) is 32.4 Å². The van der Waals surface area contributed by atoms with Crippen LogP contribution < -0.4 is 0 Å². The van der Waals surface area contributed by atoms with Crippen LogP contribution in [-0.2, 0) is 11.6 Å². The molecule has 0 spiro atoms. The van der Waals surface area contributed by atoms with Crippen LogP contribution in [0.3, 0.4) is 0 Å². The molecule has 0 unspecified atom stereocenters. The van der Waals surface area contributed by atoms with Crippen molar-refractivity contribution in [2.75, 3.05) is 0 Å². The summed E-state index contributed by atoms with van der Waals surface area (Å²) in [6.45, 7) is 5.37. The van der Waals surface area contributed by atoms with E-state index in [1.165, 1.54) is 18.2 Å². The molecule has 2 aromatic rings. The highest BCUT2D eigenvalue weighted by Gasteiger charge is 2.35. The zero-order valence-electron chi connectivity index (χ0n) is 11.9. The van der Waals surface area contributed by atoms with Gasteiger partial charge in [0.1, 0.15) is 5.82 Å². The third kappa shape index (κ3) is 3.40. The lowest BCUT2D eigenvalue weighted by atomic mass is 9.89. The number of halogens is 4. The van der Waals surface area contributed by atoms with Crippen LogP contribution >= 0.6 is 0 Å². The quantitative estimate of drug-likeness (QED) is 0.659. The number of aromatic nitrogens is 1. The smallest absolute Gasteiger partial charge is 0.260 e. The molecule has 1 aromatic heterocycles. The number of hydrogen-bond acceptors (Lipinski definition) is 1. The molecule has 0 saturated heterocycles. The molecule has 0 radical (unpaired) electrons. The molecule has 1 nitrogen and oxygen atoms in total. The van der Waals surface area contributed by atoms with E-state index in [4.69, 9.17) is 0 Å². The normalized spacial score (nSPS) is 12.5. The Morgan fingerprint density at radius 3 is 2.19 bits per heavy atom. The Morgan fingerprint density at radius 2 is 1.67 bits per heavy atom. The predicted octanol–water partition coefficient (Wildman–Crippen LogP) is 5.20. The number of alkyl halides is 3. The average Bonchev–Trinajstić information content (AvgIpc) is 2.36. The Bertz CT molecular complexity index is 654. The van der Waals surface area contributed by atoms with Crippen molar-refractivity contribution in [3.63, 3.8) is 0 Å². The SMILES string of the molecule is CC(C)(C)c1cc(C(F)(F)F)c(-c2cccc(F)c2)cn1. The second-order valence-corrected chi connectivity index (χ2v) is 5.87. The van der Waals surface area contributed by atoms with Crippen molar-refractivity contribution < 1.29 is 17.6 Å². The van der Waals surface area contributed by atoms with E-state index in [-0.39, 0.29) is 11.1 Å². The van der Waals surface area contributed by atoms with Gasteiger partial charge in [0.25, 0.3) is 0 Å². The second kappa shape index (κ2) is 5.13. The van der Waals surface area contributed by atoms with Gasteiger partial charge in [0, 0.05) is 22.9 Å². The van der Waals surface area contributed by atoms with Crippen LogP contribution in [0.4, 0.5) is 17.6 Å². The summed E-state index contributed by atoms with van der Waals surface area (Å²) < 4.78 is 53.1. The molecule has 0 amide bonds. The first kappa shape index (κ1) is 15.5. The van der Waals surface area contributed by atoms with Crippen molar-refractivity contribution in [2.24, 2.45) is 0 Å². The van der Waals surface area contributed by atoms with Gasteiger partial charge in [-0.3, -0.25) is 4.98 Å². The highest BCUT2D eigenvalue weighted by Crippen LogP contribution is 2.38. The molecular formula is C16H15F4N. The van der Waals surface area contributed by atoms with Crippen molar-refractivity contribution >= 4 is 0 Å². The molecule has 0 N–H and O–H groups in total. The zero-order valence-corrected chi connectivity index (χ0v) is 11.9. The predicted molar refractivity (Wildman–Crippen MR) is 73.3 cm³/mol. The van der Waals surface area contributed by atoms with E-state index in [1.54, 1.807) is 20.8 Å². The van der Waals surface area contributed by atoms with Gasteiger partial charge in [-0.15, -0.1) is 0 Å². The molecule has 0 fully saturated rings. The van der Waals surface area contributed by atoms with Gasteiger partial charge in [0.05, 0.1) is 5.56 Å². The minimum absolute atomic E-state index is 0.116. The monoisotopic (exact) mass is 297 g/mol. The Morgan fingerprint density at radius 1 is 1.00 bits per heavy atom. The highest BCUT2D eigenvalue weighted by molar-refractivity contribution is 5.67. The fourth-order valence-electron chi connectivity index (χ4n) is 1.99. The molecule has 5 heteroatoms. The van der Waals surface area contributed by atoms with Crippen LogP contribution in [0.2, 0.25) is 0 Å². The van der Waals surface area contributed by atoms with Gasteiger partial charge in [-0.25, -0.2) is 4.39 Å². The summed E-state index contributed by atoms with van der Waals surface area (Å²) in [5.41, 5.74) is -0.909. The molecule has 0 bridgehead atoms. The molecule has 0 aliphatic carbocycles. The van der Waals surface area contributed by atoms with Crippen LogP contribution in [0.15, 0.2) is 36.5 Å². The summed E-state index contributed by atoms with van der Waals surface area (Å²) in [5, 5.41) is 0. The van der Waals surface area contributed by atoms with Crippen molar-refractivity contribution in [3.05, 3.63) is 53.6 Å². The molecule has 0 atom stereocenters. The largest absolute Gasteiger partial charge is 0.417 e. The number of nitrogens with zero attached hydrogens (tertiary/aromatic N) is 1. The first-order valence-corrected chi connectivity index (χ1v) is 6.43. The molecule has 21 heavy (non-hydrogen) atoms. The Balaban J connectivity index is 2.67. The molecular weight excluding hydrogens is 282 g/mol. The summed E-state index contributed by atoms with van der Waals surface area (Å²) in [4.78, 5) is 4.11. The van der Waals surface area contributed by atoms with Crippen LogP contribution in [-0.4, -0.2) is 4.98 Å². The second-order valence-electron chi connectivity index (χ2n) is 5.87. The first-order chi connectivity index (χ1) is 9.59. The summed E-state index contributed by atoms with van der Waals surface area (Å²) in [6.07, 6.45) is -3.36. The van der Waals surface area contributed by atoms with Crippen LogP contribution in [0.25, 0.3) is 11.1 Å². The number of pyridine rings is 1. The van der Waals surface area contributed by atoms with Gasteiger partial charge >= 0.3 is 6.18 Å². The average molecular weight is 297 g/mol. The number of rotatable bonds is 1. The third-order valence-corrected chi connectivity index (χ3v) is 3.11. The lowest BCUT2D eigenvalue weighted by Gasteiger charge is -2.21. The molecule has 0 aliphatic heterocycles. The lowest BCUT2D eigenvalue weighted by molar-refractivity contribution is -0.137. The van der Waals surface area contributed by atoms with Crippen LogP contribution in [0, 0.1) is 5.82 Å². The minimum atomic E-state index is -4.52. The van der Waals surface area contributed by atoms with Crippen LogP contribution in [0.5, 0.6) is 0 Å². The van der Waals surface area contributed by atoms with E-state index in [9.17, 15) is 17.6 Å². The summed E-state index contributed by atoms with van der Waals surface area (Å²) in [7, 11) is 0. The van der Waals surface area contributed by atoms with Gasteiger partial charge in [0.2, 0.25) is 0 Å². The maximum atomic E-state index is 13.3. The summed E-state index contributed by atoms with van der Waals surface area (Å²) in [6, 6.07) is 6.12. The van der Waals surface area contributed by atoms with E-state index < -0.39 is 23.0 Å². The van der Waals surface area contributed by atoms with Gasteiger partial charge in [-0.05, 0) is 23.8 Å². The van der Waals surface area contributed by atoms with Gasteiger partial charge < -0.3 is 0 Å². The Labute approximate surface area is 120 Å². The first-order valence-electron chi connectivity index (χ1n) is 6.43. The third-order valence-electron chi connectivity index (χ3n) is 3.11. The zero-order chi connectivity index (χ0) is 15.8. The van der Waals surface area contributed by atoms with E-state index in [2.05, 4.69) is 4.98 Å². The maximum absolute atomic E-state index is 13.3. The number of hydrogen-bond donors (Lipinski definition) is 0. The minimum Gasteiger partial charge on any atom is -0.260 e. The molecule has 0 saturated carbocycles. The molecule has 1 heterocycles. The van der Waals surface area contributed by atoms with E-state index >= 15 is 0 Å². The topological polar surface area (TPSA) is 12.9 Å². The van der Waals surface area contributed by atoms with Crippen molar-refractivity contribution in [1.82, 2.24) is 4.98 Å². The van der Waals surface area contributed by atoms with Gasteiger partial charge in [-0.1, -0.05) is 32.9 Å². The fraction of sp³-hybridized carbons (Fsp3) is 0.312. The number of benzene rings is 1. The van der Waals surface area contributed by atoms with Gasteiger partial charge in [0.15, 0.2) is 0 Å². The Kier molecular flexibility index (Phi) is 3.78. The lowest BCUT2D eigenvalue weighted by Crippen LogP contribution is -2.17. The molecule has 1 aromatic carbocycles. The molecule has 2 rings (SSSR count). The highest BCUT2D eigenvalue weighted by atomic mass is 19.4. The van der Waals surface area contributed by atoms with Gasteiger partial charge in [-0.2, -0.15) is 13.2 Å². The molecule has 0 aliphatic rings. The van der Waals surface area contributed by atoms with Crippen molar-refractivity contribution in [1.29, 1.82) is 0 Å². The summed E-state index contributed by atoms with van der Waals surface area (Å²) in [5.74, 6) is -0.583.